The van der Waals surface area contributed by atoms with Gasteiger partial charge in [0.25, 0.3) is 0 Å². The second-order valence-electron chi connectivity index (χ2n) is 16.4. The van der Waals surface area contributed by atoms with E-state index in [-0.39, 0.29) is 0 Å². The van der Waals surface area contributed by atoms with E-state index in [1.807, 2.05) is 0 Å². The molecule has 12 aromatic carbocycles. The van der Waals surface area contributed by atoms with E-state index < -0.39 is 0 Å². The number of rotatable bonds is 7. The number of anilines is 3. The summed E-state index contributed by atoms with van der Waals surface area (Å²) in [4.78, 5) is 2.40. The van der Waals surface area contributed by atoms with Crippen LogP contribution in [0.15, 0.2) is 249 Å². The maximum absolute atomic E-state index is 2.41. The highest BCUT2D eigenvalue weighted by atomic mass is 15.1. The van der Waals surface area contributed by atoms with E-state index in [2.05, 4.69) is 254 Å². The lowest BCUT2D eigenvalue weighted by atomic mass is 9.84. The number of hydrogen-bond donors (Lipinski definition) is 0. The number of benzene rings is 12. The van der Waals surface area contributed by atoms with Crippen LogP contribution in [0.25, 0.3) is 98.4 Å². The molecule has 1 nitrogen and oxygen atoms in total. The van der Waals surface area contributed by atoms with Gasteiger partial charge in [-0.3, -0.25) is 0 Å². The summed E-state index contributed by atoms with van der Waals surface area (Å²) < 4.78 is 0. The predicted octanol–water partition coefficient (Wildman–Crippen LogP) is 17.6. The van der Waals surface area contributed by atoms with Crippen LogP contribution in [-0.4, -0.2) is 0 Å². The molecule has 0 saturated carbocycles. The van der Waals surface area contributed by atoms with E-state index in [1.165, 1.54) is 98.4 Å². The Morgan fingerprint density at radius 3 is 1.38 bits per heavy atom. The molecular formula is C62H41N. The van der Waals surface area contributed by atoms with Gasteiger partial charge in [0.05, 0.1) is 5.69 Å². The summed E-state index contributed by atoms with van der Waals surface area (Å²) in [7, 11) is 0. The summed E-state index contributed by atoms with van der Waals surface area (Å²) in [5.41, 5.74) is 13.1. The Labute approximate surface area is 367 Å². The zero-order valence-electron chi connectivity index (χ0n) is 34.6. The Bertz CT molecular complexity index is 3640. The van der Waals surface area contributed by atoms with Crippen molar-refractivity contribution in [3.63, 3.8) is 0 Å². The van der Waals surface area contributed by atoms with Gasteiger partial charge in [0, 0.05) is 16.8 Å². The van der Waals surface area contributed by atoms with Gasteiger partial charge in [-0.2, -0.15) is 0 Å². The van der Waals surface area contributed by atoms with Crippen LogP contribution in [0.1, 0.15) is 0 Å². The summed E-state index contributed by atoms with van der Waals surface area (Å²) in [5.74, 6) is 0. The molecule has 0 fully saturated rings. The third kappa shape index (κ3) is 6.33. The van der Waals surface area contributed by atoms with Crippen molar-refractivity contribution in [3.05, 3.63) is 249 Å². The fourth-order valence-electron chi connectivity index (χ4n) is 9.90. The quantitative estimate of drug-likeness (QED) is 0.145. The van der Waals surface area contributed by atoms with E-state index in [0.717, 1.165) is 17.1 Å². The minimum Gasteiger partial charge on any atom is -0.310 e. The van der Waals surface area contributed by atoms with Crippen LogP contribution in [0.4, 0.5) is 17.1 Å². The second-order valence-corrected chi connectivity index (χ2v) is 16.4. The lowest BCUT2D eigenvalue weighted by Crippen LogP contribution is -2.10. The average Bonchev–Trinajstić information content (AvgIpc) is 3.36. The highest BCUT2D eigenvalue weighted by Gasteiger charge is 2.20. The maximum atomic E-state index is 2.41. The minimum absolute atomic E-state index is 1.10. The Hall–Kier alpha value is -8.26. The van der Waals surface area contributed by atoms with Crippen LogP contribution >= 0.6 is 0 Å². The van der Waals surface area contributed by atoms with Gasteiger partial charge < -0.3 is 4.90 Å². The summed E-state index contributed by atoms with van der Waals surface area (Å²) in [6.45, 7) is 0. The van der Waals surface area contributed by atoms with E-state index in [4.69, 9.17) is 0 Å². The van der Waals surface area contributed by atoms with Gasteiger partial charge in [0.1, 0.15) is 0 Å². The van der Waals surface area contributed by atoms with Crippen molar-refractivity contribution in [2.24, 2.45) is 0 Å². The van der Waals surface area contributed by atoms with Gasteiger partial charge in [0.15, 0.2) is 0 Å². The van der Waals surface area contributed by atoms with Gasteiger partial charge in [-0.15, -0.1) is 0 Å². The summed E-state index contributed by atoms with van der Waals surface area (Å²) in [6.07, 6.45) is 0. The molecule has 63 heavy (non-hydrogen) atoms. The molecule has 0 amide bonds. The molecule has 0 N–H and O–H groups in total. The first kappa shape index (κ1) is 36.6. The lowest BCUT2D eigenvalue weighted by Gasteiger charge is -2.27. The Kier molecular flexibility index (Phi) is 8.90. The first-order valence-corrected chi connectivity index (χ1v) is 21.8. The van der Waals surface area contributed by atoms with Crippen LogP contribution in [0.2, 0.25) is 0 Å². The fraction of sp³-hybridized carbons (Fsp3) is 0. The molecule has 0 unspecified atom stereocenters. The lowest BCUT2D eigenvalue weighted by molar-refractivity contribution is 1.30. The summed E-state index contributed by atoms with van der Waals surface area (Å²) in [5, 5.41) is 12.5. The van der Waals surface area contributed by atoms with Crippen molar-refractivity contribution < 1.29 is 0 Å². The first-order chi connectivity index (χ1) is 31.3. The standard InChI is InChI=1S/C62H41N/c1-3-17-46(18-4-1)61-58-25-12-11-24-55(58)57-40-34-48(41-59(57)62(61)47-19-5-2-6-20-47)42-29-35-49(36-30-42)63(60-28-13-21-43-15-8-10-23-53(43)60)50-37-31-45(32-38-50)52-26-14-27-54-51-22-9-7-16-44(51)33-39-56(52)54/h1-41H. The normalized spacial score (nSPS) is 11.5. The third-order valence-electron chi connectivity index (χ3n) is 12.8. The SMILES string of the molecule is c1ccc(-c2c(-c3ccccc3)c3cc(-c4ccc(N(c5ccc(-c6cccc7c6ccc6ccccc67)cc5)c5cccc6ccccc56)cc4)ccc3c3ccccc23)cc1. The van der Waals surface area contributed by atoms with Gasteiger partial charge in [0.2, 0.25) is 0 Å². The maximum Gasteiger partial charge on any atom is 0.0540 e. The average molecular weight is 800 g/mol. The number of nitrogens with zero attached hydrogens (tertiary/aromatic N) is 1. The van der Waals surface area contributed by atoms with Crippen molar-refractivity contribution in [2.75, 3.05) is 4.90 Å². The zero-order valence-corrected chi connectivity index (χ0v) is 34.6. The van der Waals surface area contributed by atoms with Gasteiger partial charge >= 0.3 is 0 Å². The van der Waals surface area contributed by atoms with Crippen LogP contribution in [-0.2, 0) is 0 Å². The molecular weight excluding hydrogens is 759 g/mol. The highest BCUT2D eigenvalue weighted by molar-refractivity contribution is 6.22. The molecule has 1 heteroatoms. The largest absolute Gasteiger partial charge is 0.310 e. The van der Waals surface area contributed by atoms with Crippen molar-refractivity contribution in [2.45, 2.75) is 0 Å². The topological polar surface area (TPSA) is 3.24 Å². The molecule has 12 aromatic rings. The van der Waals surface area contributed by atoms with Crippen molar-refractivity contribution in [1.82, 2.24) is 0 Å². The molecule has 0 spiro atoms. The molecule has 0 aliphatic carbocycles. The minimum atomic E-state index is 1.10. The molecule has 0 radical (unpaired) electrons. The third-order valence-corrected chi connectivity index (χ3v) is 12.8. The molecule has 0 heterocycles. The van der Waals surface area contributed by atoms with E-state index in [9.17, 15) is 0 Å². The van der Waals surface area contributed by atoms with E-state index in [0.29, 0.717) is 0 Å². The molecule has 0 aliphatic rings. The first-order valence-electron chi connectivity index (χ1n) is 21.8. The highest BCUT2D eigenvalue weighted by Crippen LogP contribution is 2.46. The molecule has 0 atom stereocenters. The van der Waals surface area contributed by atoms with Gasteiger partial charge in [-0.1, -0.05) is 212 Å². The monoisotopic (exact) mass is 799 g/mol. The Morgan fingerprint density at radius 1 is 0.222 bits per heavy atom. The van der Waals surface area contributed by atoms with Crippen molar-refractivity contribution in [1.29, 1.82) is 0 Å². The summed E-state index contributed by atoms with van der Waals surface area (Å²) >= 11 is 0. The molecule has 0 aromatic heterocycles. The Balaban J connectivity index is 0.987. The zero-order chi connectivity index (χ0) is 41.7. The molecule has 0 bridgehead atoms. The molecule has 0 saturated heterocycles. The molecule has 12 rings (SSSR count). The van der Waals surface area contributed by atoms with Crippen LogP contribution < -0.4 is 4.90 Å². The second kappa shape index (κ2) is 15.3. The van der Waals surface area contributed by atoms with E-state index in [1.54, 1.807) is 0 Å². The summed E-state index contributed by atoms with van der Waals surface area (Å²) in [6, 6.07) is 91.0. The van der Waals surface area contributed by atoms with Crippen molar-refractivity contribution in [3.8, 4) is 44.5 Å². The number of fused-ring (bicyclic) bond motifs is 7. The number of hydrogen-bond acceptors (Lipinski definition) is 1. The van der Waals surface area contributed by atoms with Gasteiger partial charge in [-0.25, -0.2) is 0 Å². The van der Waals surface area contributed by atoms with E-state index >= 15 is 0 Å². The van der Waals surface area contributed by atoms with Crippen LogP contribution in [0.5, 0.6) is 0 Å². The molecule has 294 valence electrons. The molecule has 0 aliphatic heterocycles. The van der Waals surface area contributed by atoms with Crippen LogP contribution in [0, 0.1) is 0 Å². The Morgan fingerprint density at radius 2 is 0.683 bits per heavy atom. The fourth-order valence-corrected chi connectivity index (χ4v) is 9.90. The predicted molar refractivity (Wildman–Crippen MR) is 270 cm³/mol. The van der Waals surface area contributed by atoms with Crippen LogP contribution in [0.3, 0.4) is 0 Å². The van der Waals surface area contributed by atoms with Gasteiger partial charge in [-0.05, 0) is 129 Å². The van der Waals surface area contributed by atoms with Crippen molar-refractivity contribution >= 4 is 70.9 Å². The smallest absolute Gasteiger partial charge is 0.0540 e.